The molecule has 16 heavy (non-hydrogen) atoms. The Balaban J connectivity index is 3.19. The predicted octanol–water partition coefficient (Wildman–Crippen LogP) is 2.31. The van der Waals surface area contributed by atoms with Crippen molar-refractivity contribution in [1.29, 1.82) is 0 Å². The number of hydrogen-bond acceptors (Lipinski definition) is 4. The number of carbonyl (C=O) groups excluding carboxylic acids is 1. The van der Waals surface area contributed by atoms with Crippen LogP contribution in [0.25, 0.3) is 0 Å². The first-order valence-corrected chi connectivity index (χ1v) is 5.19. The monoisotopic (exact) mass is 224 g/mol. The number of hydrogen-bond donors (Lipinski definition) is 0. The van der Waals surface area contributed by atoms with Crippen LogP contribution in [-0.2, 0) is 0 Å². The highest BCUT2D eigenvalue weighted by Gasteiger charge is 2.12. The molecule has 0 radical (unpaired) electrons. The normalized spacial score (nSPS) is 9.69. The SMILES string of the molecule is CCOc1cc(C=O)c(OCC)c(OC)c1. The predicted molar refractivity (Wildman–Crippen MR) is 60.7 cm³/mol. The van der Waals surface area contributed by atoms with E-state index >= 15 is 0 Å². The number of carbonyl (C=O) groups is 1. The van der Waals surface area contributed by atoms with E-state index in [0.717, 1.165) is 6.29 Å². The third-order valence-corrected chi connectivity index (χ3v) is 2.00. The molecule has 0 heterocycles. The van der Waals surface area contributed by atoms with Crippen molar-refractivity contribution in [3.63, 3.8) is 0 Å². The van der Waals surface area contributed by atoms with Crippen LogP contribution >= 0.6 is 0 Å². The zero-order valence-corrected chi connectivity index (χ0v) is 9.78. The summed E-state index contributed by atoms with van der Waals surface area (Å²) in [5.41, 5.74) is 0.435. The van der Waals surface area contributed by atoms with Gasteiger partial charge < -0.3 is 14.2 Å². The molecule has 0 N–H and O–H groups in total. The first kappa shape index (κ1) is 12.4. The third-order valence-electron chi connectivity index (χ3n) is 2.00. The Morgan fingerprint density at radius 2 is 1.88 bits per heavy atom. The van der Waals surface area contributed by atoms with Gasteiger partial charge in [-0.25, -0.2) is 0 Å². The van der Waals surface area contributed by atoms with Crippen molar-refractivity contribution in [3.05, 3.63) is 17.7 Å². The van der Waals surface area contributed by atoms with E-state index in [2.05, 4.69) is 0 Å². The average Bonchev–Trinajstić information content (AvgIpc) is 2.31. The molecule has 0 aromatic heterocycles. The van der Waals surface area contributed by atoms with E-state index in [1.54, 1.807) is 12.1 Å². The van der Waals surface area contributed by atoms with Crippen molar-refractivity contribution in [3.8, 4) is 17.2 Å². The zero-order valence-electron chi connectivity index (χ0n) is 9.78. The molecule has 0 unspecified atom stereocenters. The lowest BCUT2D eigenvalue weighted by Gasteiger charge is -2.13. The van der Waals surface area contributed by atoms with Gasteiger partial charge in [-0.1, -0.05) is 0 Å². The first-order valence-electron chi connectivity index (χ1n) is 5.19. The first-order chi connectivity index (χ1) is 7.76. The molecule has 0 spiro atoms. The van der Waals surface area contributed by atoms with Gasteiger partial charge in [-0.3, -0.25) is 4.79 Å². The highest BCUT2D eigenvalue weighted by atomic mass is 16.5. The summed E-state index contributed by atoms with van der Waals surface area (Å²) in [6.07, 6.45) is 0.732. The van der Waals surface area contributed by atoms with Gasteiger partial charge in [-0.05, 0) is 19.9 Å². The Morgan fingerprint density at radius 1 is 1.19 bits per heavy atom. The zero-order chi connectivity index (χ0) is 12.0. The number of rotatable bonds is 6. The van der Waals surface area contributed by atoms with Crippen molar-refractivity contribution in [2.75, 3.05) is 20.3 Å². The lowest BCUT2D eigenvalue weighted by molar-refractivity contribution is 0.111. The largest absolute Gasteiger partial charge is 0.494 e. The molecular weight excluding hydrogens is 208 g/mol. The van der Waals surface area contributed by atoms with Crippen molar-refractivity contribution in [1.82, 2.24) is 0 Å². The maximum absolute atomic E-state index is 10.9. The molecule has 1 rings (SSSR count). The topological polar surface area (TPSA) is 44.8 Å². The molecule has 1 aromatic carbocycles. The summed E-state index contributed by atoms with van der Waals surface area (Å²) < 4.78 is 15.9. The second-order valence-electron chi connectivity index (χ2n) is 3.03. The molecule has 0 aliphatic rings. The van der Waals surface area contributed by atoms with Gasteiger partial charge in [0.15, 0.2) is 17.8 Å². The highest BCUT2D eigenvalue weighted by Crippen LogP contribution is 2.34. The van der Waals surface area contributed by atoms with Crippen LogP contribution in [0.3, 0.4) is 0 Å². The van der Waals surface area contributed by atoms with Gasteiger partial charge in [-0.15, -0.1) is 0 Å². The van der Waals surface area contributed by atoms with Crippen molar-refractivity contribution >= 4 is 6.29 Å². The molecule has 88 valence electrons. The Hall–Kier alpha value is -1.71. The van der Waals surface area contributed by atoms with Gasteiger partial charge in [-0.2, -0.15) is 0 Å². The quantitative estimate of drug-likeness (QED) is 0.695. The molecular formula is C12H16O4. The number of methoxy groups -OCH3 is 1. The van der Waals surface area contributed by atoms with E-state index in [1.807, 2.05) is 13.8 Å². The van der Waals surface area contributed by atoms with E-state index in [-0.39, 0.29) is 0 Å². The Bertz CT molecular complexity index is 360. The molecule has 0 saturated carbocycles. The van der Waals surface area contributed by atoms with Crippen molar-refractivity contribution in [2.24, 2.45) is 0 Å². The van der Waals surface area contributed by atoms with Gasteiger partial charge in [0.25, 0.3) is 0 Å². The summed E-state index contributed by atoms with van der Waals surface area (Å²) in [4.78, 5) is 10.9. The second kappa shape index (κ2) is 6.00. The number of ether oxygens (including phenoxy) is 3. The molecule has 1 aromatic rings. The van der Waals surface area contributed by atoms with Crippen LogP contribution in [-0.4, -0.2) is 26.6 Å². The molecule has 0 aliphatic heterocycles. The smallest absolute Gasteiger partial charge is 0.171 e. The van der Waals surface area contributed by atoms with Crippen LogP contribution in [0.15, 0.2) is 12.1 Å². The van der Waals surface area contributed by atoms with Crippen LogP contribution in [0.2, 0.25) is 0 Å². The van der Waals surface area contributed by atoms with Gasteiger partial charge >= 0.3 is 0 Å². The molecule has 0 aliphatic carbocycles. The van der Waals surface area contributed by atoms with Gasteiger partial charge in [0.1, 0.15) is 5.75 Å². The van der Waals surface area contributed by atoms with Crippen LogP contribution in [0.1, 0.15) is 24.2 Å². The summed E-state index contributed by atoms with van der Waals surface area (Å²) >= 11 is 0. The maximum atomic E-state index is 10.9. The fourth-order valence-electron chi connectivity index (χ4n) is 1.39. The Morgan fingerprint density at radius 3 is 2.38 bits per heavy atom. The van der Waals surface area contributed by atoms with E-state index in [9.17, 15) is 4.79 Å². The standard InChI is InChI=1S/C12H16O4/c1-4-15-10-6-9(8-13)12(16-5-2)11(7-10)14-3/h6-8H,4-5H2,1-3H3. The molecule has 0 fully saturated rings. The lowest BCUT2D eigenvalue weighted by Crippen LogP contribution is -2.01. The van der Waals surface area contributed by atoms with Gasteiger partial charge in [0, 0.05) is 6.07 Å². The maximum Gasteiger partial charge on any atom is 0.171 e. The molecule has 4 heteroatoms. The average molecular weight is 224 g/mol. The van der Waals surface area contributed by atoms with Crippen molar-refractivity contribution in [2.45, 2.75) is 13.8 Å². The third kappa shape index (κ3) is 2.66. The summed E-state index contributed by atoms with van der Waals surface area (Å²) in [5.74, 6) is 1.57. The van der Waals surface area contributed by atoms with Gasteiger partial charge in [0.2, 0.25) is 0 Å². The Labute approximate surface area is 95.1 Å². The van der Waals surface area contributed by atoms with E-state index in [4.69, 9.17) is 14.2 Å². The number of benzene rings is 1. The minimum atomic E-state index is 0.435. The second-order valence-corrected chi connectivity index (χ2v) is 3.03. The van der Waals surface area contributed by atoms with E-state index < -0.39 is 0 Å². The number of aldehydes is 1. The Kier molecular flexibility index (Phi) is 4.64. The van der Waals surface area contributed by atoms with E-state index in [1.165, 1.54) is 7.11 Å². The molecule has 4 nitrogen and oxygen atoms in total. The van der Waals surface area contributed by atoms with Crippen molar-refractivity contribution < 1.29 is 19.0 Å². The fraction of sp³-hybridized carbons (Fsp3) is 0.417. The molecule has 0 saturated heterocycles. The molecule has 0 amide bonds. The van der Waals surface area contributed by atoms with Crippen LogP contribution < -0.4 is 14.2 Å². The summed E-state index contributed by atoms with van der Waals surface area (Å²) in [6.45, 7) is 4.74. The summed E-state index contributed by atoms with van der Waals surface area (Å²) in [5, 5.41) is 0. The minimum absolute atomic E-state index is 0.435. The molecule has 0 atom stereocenters. The lowest BCUT2D eigenvalue weighted by atomic mass is 10.2. The fourth-order valence-corrected chi connectivity index (χ4v) is 1.39. The summed E-state index contributed by atoms with van der Waals surface area (Å²) in [7, 11) is 1.53. The minimum Gasteiger partial charge on any atom is -0.494 e. The van der Waals surface area contributed by atoms with Crippen LogP contribution in [0.4, 0.5) is 0 Å². The van der Waals surface area contributed by atoms with Gasteiger partial charge in [0.05, 0.1) is 25.9 Å². The molecule has 0 bridgehead atoms. The highest BCUT2D eigenvalue weighted by molar-refractivity contribution is 5.82. The van der Waals surface area contributed by atoms with E-state index in [0.29, 0.717) is 36.0 Å². The summed E-state index contributed by atoms with van der Waals surface area (Å²) in [6, 6.07) is 3.35. The van der Waals surface area contributed by atoms with Crippen LogP contribution in [0, 0.1) is 0 Å². The van der Waals surface area contributed by atoms with Crippen LogP contribution in [0.5, 0.6) is 17.2 Å².